The molecule has 7 heteroatoms. The van der Waals surface area contributed by atoms with E-state index in [4.69, 9.17) is 15.7 Å². The van der Waals surface area contributed by atoms with Crippen LogP contribution in [0.25, 0.3) is 0 Å². The standard InChI is InChI=1S/C21H27N7/c1-24-16-5-4-8-28(13-16)20-18-6-2-3-7-19(18)26-21(27-20)25-17-10-14(12-22)9-15(23)11-17/h9-11,16,24H,2-8,13,23H2,1H3,(H,25,26,27)/t16-/m1/s1. The summed E-state index contributed by atoms with van der Waals surface area (Å²) in [7, 11) is 2.03. The molecule has 2 heterocycles. The number of fused-ring (bicyclic) bond motifs is 1. The molecule has 7 nitrogen and oxygen atoms in total. The molecule has 1 aliphatic carbocycles. The van der Waals surface area contributed by atoms with Gasteiger partial charge in [0.15, 0.2) is 0 Å². The third kappa shape index (κ3) is 3.87. The van der Waals surface area contributed by atoms with Gasteiger partial charge in [-0.15, -0.1) is 0 Å². The van der Waals surface area contributed by atoms with Gasteiger partial charge in [0.1, 0.15) is 5.82 Å². The summed E-state index contributed by atoms with van der Waals surface area (Å²) in [5.41, 5.74) is 10.2. The summed E-state index contributed by atoms with van der Waals surface area (Å²) in [5, 5.41) is 15.9. The monoisotopic (exact) mass is 377 g/mol. The molecule has 2 aromatic rings. The number of nitrogens with zero attached hydrogens (tertiary/aromatic N) is 4. The van der Waals surface area contributed by atoms with Crippen LogP contribution in [0.2, 0.25) is 0 Å². The van der Waals surface area contributed by atoms with E-state index in [2.05, 4.69) is 21.6 Å². The minimum Gasteiger partial charge on any atom is -0.399 e. The van der Waals surface area contributed by atoms with Crippen molar-refractivity contribution in [1.29, 1.82) is 5.26 Å². The lowest BCUT2D eigenvalue weighted by Crippen LogP contribution is -2.45. The summed E-state index contributed by atoms with van der Waals surface area (Å²) in [6.45, 7) is 1.99. The number of hydrogen-bond donors (Lipinski definition) is 3. The molecule has 28 heavy (non-hydrogen) atoms. The van der Waals surface area contributed by atoms with Crippen LogP contribution in [0.5, 0.6) is 0 Å². The van der Waals surface area contributed by atoms with E-state index in [0.717, 1.165) is 49.6 Å². The van der Waals surface area contributed by atoms with Gasteiger partial charge in [-0.2, -0.15) is 10.2 Å². The second-order valence-electron chi connectivity index (χ2n) is 7.66. The van der Waals surface area contributed by atoms with Crippen LogP contribution >= 0.6 is 0 Å². The first kappa shape index (κ1) is 18.5. The average Bonchev–Trinajstić information content (AvgIpc) is 2.72. The van der Waals surface area contributed by atoms with Gasteiger partial charge in [0.25, 0.3) is 0 Å². The Morgan fingerprint density at radius 2 is 2.04 bits per heavy atom. The average molecular weight is 377 g/mol. The predicted molar refractivity (Wildman–Crippen MR) is 112 cm³/mol. The molecule has 146 valence electrons. The van der Waals surface area contributed by atoms with Crippen LogP contribution in [0.3, 0.4) is 0 Å². The van der Waals surface area contributed by atoms with Gasteiger partial charge in [0.2, 0.25) is 5.95 Å². The molecule has 0 bridgehead atoms. The van der Waals surface area contributed by atoms with E-state index >= 15 is 0 Å². The Kier molecular flexibility index (Phi) is 5.31. The molecule has 0 amide bonds. The number of nitrogen functional groups attached to an aromatic ring is 1. The van der Waals surface area contributed by atoms with Gasteiger partial charge in [0.05, 0.1) is 17.3 Å². The van der Waals surface area contributed by atoms with Gasteiger partial charge in [-0.05, 0) is 63.8 Å². The van der Waals surface area contributed by atoms with E-state index in [1.54, 1.807) is 18.2 Å². The van der Waals surface area contributed by atoms with Crippen LogP contribution in [0.4, 0.5) is 23.1 Å². The summed E-state index contributed by atoms with van der Waals surface area (Å²) in [5.74, 6) is 1.65. The van der Waals surface area contributed by atoms with Gasteiger partial charge < -0.3 is 21.3 Å². The number of nitriles is 1. The molecular weight excluding hydrogens is 350 g/mol. The number of anilines is 4. The molecular formula is C21H27N7. The lowest BCUT2D eigenvalue weighted by molar-refractivity contribution is 0.446. The van der Waals surface area contributed by atoms with Crippen LogP contribution < -0.4 is 21.3 Å². The fourth-order valence-corrected chi connectivity index (χ4v) is 4.21. The number of nitrogens with two attached hydrogens (primary N) is 1. The molecule has 0 unspecified atom stereocenters. The zero-order valence-electron chi connectivity index (χ0n) is 16.3. The Morgan fingerprint density at radius 3 is 2.86 bits per heavy atom. The Morgan fingerprint density at radius 1 is 1.18 bits per heavy atom. The summed E-state index contributed by atoms with van der Waals surface area (Å²) >= 11 is 0. The van der Waals surface area contributed by atoms with Crippen molar-refractivity contribution in [2.24, 2.45) is 0 Å². The van der Waals surface area contributed by atoms with Crippen molar-refractivity contribution >= 4 is 23.1 Å². The second kappa shape index (κ2) is 8.03. The predicted octanol–water partition coefficient (Wildman–Crippen LogP) is 2.74. The molecule has 1 fully saturated rings. The van der Waals surface area contributed by atoms with E-state index in [9.17, 15) is 5.26 Å². The molecule has 0 saturated carbocycles. The molecule has 1 aliphatic heterocycles. The van der Waals surface area contributed by atoms with Crippen molar-refractivity contribution in [1.82, 2.24) is 15.3 Å². The highest BCUT2D eigenvalue weighted by atomic mass is 15.2. The number of benzene rings is 1. The molecule has 1 saturated heterocycles. The Bertz CT molecular complexity index is 902. The number of nitrogens with one attached hydrogen (secondary N) is 2. The topological polar surface area (TPSA) is 103 Å². The third-order valence-electron chi connectivity index (χ3n) is 5.63. The highest BCUT2D eigenvalue weighted by Gasteiger charge is 2.25. The summed E-state index contributed by atoms with van der Waals surface area (Å²) < 4.78 is 0. The van der Waals surface area contributed by atoms with Crippen molar-refractivity contribution in [3.05, 3.63) is 35.0 Å². The summed E-state index contributed by atoms with van der Waals surface area (Å²) in [6, 6.07) is 7.88. The van der Waals surface area contributed by atoms with E-state index in [1.165, 1.54) is 24.8 Å². The lowest BCUT2D eigenvalue weighted by Gasteiger charge is -2.35. The molecule has 2 aliphatic rings. The summed E-state index contributed by atoms with van der Waals surface area (Å²) in [6.07, 6.45) is 6.75. The van der Waals surface area contributed by atoms with Gasteiger partial charge >= 0.3 is 0 Å². The fourth-order valence-electron chi connectivity index (χ4n) is 4.21. The van der Waals surface area contributed by atoms with Crippen molar-refractivity contribution in [3.63, 3.8) is 0 Å². The second-order valence-corrected chi connectivity index (χ2v) is 7.66. The van der Waals surface area contributed by atoms with E-state index in [1.807, 2.05) is 7.05 Å². The van der Waals surface area contributed by atoms with E-state index in [-0.39, 0.29) is 0 Å². The third-order valence-corrected chi connectivity index (χ3v) is 5.63. The largest absolute Gasteiger partial charge is 0.399 e. The maximum absolute atomic E-state index is 9.20. The fraction of sp³-hybridized carbons (Fsp3) is 0.476. The molecule has 1 aromatic carbocycles. The highest BCUT2D eigenvalue weighted by molar-refractivity contribution is 5.65. The Hall–Kier alpha value is -2.85. The van der Waals surface area contributed by atoms with Crippen molar-refractivity contribution in [2.75, 3.05) is 36.1 Å². The normalized spacial score (nSPS) is 19.0. The molecule has 1 aromatic heterocycles. The van der Waals surface area contributed by atoms with Gasteiger partial charge in [-0.3, -0.25) is 0 Å². The minimum absolute atomic E-state index is 0.492. The number of aryl methyl sites for hydroxylation is 1. The van der Waals surface area contributed by atoms with Crippen molar-refractivity contribution in [3.8, 4) is 6.07 Å². The number of hydrogen-bond acceptors (Lipinski definition) is 7. The number of aromatic nitrogens is 2. The highest BCUT2D eigenvalue weighted by Crippen LogP contribution is 2.31. The lowest BCUT2D eigenvalue weighted by atomic mass is 9.95. The van der Waals surface area contributed by atoms with Gasteiger partial charge in [-0.25, -0.2) is 4.98 Å². The Balaban J connectivity index is 1.69. The number of rotatable bonds is 4. The molecule has 0 spiro atoms. The van der Waals surface area contributed by atoms with Crippen LogP contribution in [0, 0.1) is 11.3 Å². The number of piperidine rings is 1. The zero-order valence-corrected chi connectivity index (χ0v) is 16.3. The Labute approximate surface area is 166 Å². The number of likely N-dealkylation sites (N-methyl/N-ethyl adjacent to an activating group) is 1. The van der Waals surface area contributed by atoms with E-state index < -0.39 is 0 Å². The van der Waals surface area contributed by atoms with E-state index in [0.29, 0.717) is 23.2 Å². The van der Waals surface area contributed by atoms with Crippen molar-refractivity contribution < 1.29 is 0 Å². The molecule has 4 rings (SSSR count). The molecule has 1 atom stereocenters. The first-order valence-corrected chi connectivity index (χ1v) is 10.1. The van der Waals surface area contributed by atoms with Crippen LogP contribution in [-0.4, -0.2) is 36.1 Å². The quantitative estimate of drug-likeness (QED) is 0.704. The smallest absolute Gasteiger partial charge is 0.229 e. The first-order valence-electron chi connectivity index (χ1n) is 10.1. The summed E-state index contributed by atoms with van der Waals surface area (Å²) in [4.78, 5) is 12.1. The zero-order chi connectivity index (χ0) is 19.5. The SMILES string of the molecule is CN[C@@H]1CCCN(c2nc(Nc3cc(N)cc(C#N)c3)nc3c2CCCC3)C1. The van der Waals surface area contributed by atoms with Crippen LogP contribution in [0.15, 0.2) is 18.2 Å². The van der Waals surface area contributed by atoms with Gasteiger partial charge in [-0.1, -0.05) is 0 Å². The van der Waals surface area contributed by atoms with Gasteiger partial charge in [0, 0.05) is 36.1 Å². The van der Waals surface area contributed by atoms with Crippen molar-refractivity contribution in [2.45, 2.75) is 44.6 Å². The maximum Gasteiger partial charge on any atom is 0.229 e. The van der Waals surface area contributed by atoms with Crippen LogP contribution in [0.1, 0.15) is 42.5 Å². The first-order chi connectivity index (χ1) is 13.7. The molecule has 0 radical (unpaired) electrons. The van der Waals surface area contributed by atoms with Crippen LogP contribution in [-0.2, 0) is 12.8 Å². The maximum atomic E-state index is 9.20. The molecule has 4 N–H and O–H groups in total. The minimum atomic E-state index is 0.492.